The molecule has 1 fully saturated rings. The van der Waals surface area contributed by atoms with Gasteiger partial charge in [-0.05, 0) is 48.9 Å². The summed E-state index contributed by atoms with van der Waals surface area (Å²) in [7, 11) is -3.55. The van der Waals surface area contributed by atoms with Crippen molar-refractivity contribution < 1.29 is 12.9 Å². The number of hydrogen-bond donors (Lipinski definition) is 0. The first-order chi connectivity index (χ1) is 14.4. The fourth-order valence-corrected chi connectivity index (χ4v) is 5.39. The van der Waals surface area contributed by atoms with Gasteiger partial charge in [-0.15, -0.1) is 0 Å². The Labute approximate surface area is 178 Å². The highest BCUT2D eigenvalue weighted by Crippen LogP contribution is 2.31. The Bertz CT molecular complexity index is 1120. The highest BCUT2D eigenvalue weighted by molar-refractivity contribution is 7.89. The summed E-state index contributed by atoms with van der Waals surface area (Å²) in [6.07, 6.45) is 1.59. The van der Waals surface area contributed by atoms with E-state index in [2.05, 4.69) is 24.0 Å². The lowest BCUT2D eigenvalue weighted by molar-refractivity contribution is 0.265. The molecule has 0 bridgehead atoms. The molecule has 0 unspecified atom stereocenters. The molecular weight excluding hydrogens is 398 g/mol. The van der Waals surface area contributed by atoms with Crippen LogP contribution in [0.15, 0.2) is 57.9 Å². The molecule has 1 aromatic heterocycles. The minimum atomic E-state index is -3.55. The molecule has 7 heteroatoms. The first-order valence-electron chi connectivity index (χ1n) is 10.4. The summed E-state index contributed by atoms with van der Waals surface area (Å²) in [5.74, 6) is 1.31. The van der Waals surface area contributed by atoms with Crippen molar-refractivity contribution >= 4 is 10.0 Å². The summed E-state index contributed by atoms with van der Waals surface area (Å²) in [5, 5.41) is 4.14. The van der Waals surface area contributed by atoms with Crippen molar-refractivity contribution in [3.05, 3.63) is 65.5 Å². The molecule has 0 saturated carbocycles. The second-order valence-corrected chi connectivity index (χ2v) is 10.1. The third-order valence-corrected chi connectivity index (χ3v) is 7.62. The summed E-state index contributed by atoms with van der Waals surface area (Å²) < 4.78 is 33.4. The smallest absolute Gasteiger partial charge is 0.243 e. The normalized spacial score (nSPS) is 18.1. The number of hydrogen-bond acceptors (Lipinski definition) is 5. The van der Waals surface area contributed by atoms with Gasteiger partial charge in [0.25, 0.3) is 0 Å². The van der Waals surface area contributed by atoms with Gasteiger partial charge in [0.2, 0.25) is 21.7 Å². The van der Waals surface area contributed by atoms with Crippen LogP contribution in [-0.4, -0.2) is 36.0 Å². The summed E-state index contributed by atoms with van der Waals surface area (Å²) in [5.41, 5.74) is 3.13. The van der Waals surface area contributed by atoms with Gasteiger partial charge in [-0.1, -0.05) is 55.4 Å². The number of benzene rings is 2. The Balaban J connectivity index is 1.54. The van der Waals surface area contributed by atoms with Gasteiger partial charge in [-0.3, -0.25) is 0 Å². The topological polar surface area (TPSA) is 76.3 Å². The second kappa shape index (κ2) is 8.32. The van der Waals surface area contributed by atoms with Crippen LogP contribution in [0.4, 0.5) is 0 Å². The van der Waals surface area contributed by atoms with E-state index in [1.807, 2.05) is 43.3 Å². The maximum absolute atomic E-state index is 13.2. The molecule has 1 aliphatic rings. The molecule has 30 heavy (non-hydrogen) atoms. The largest absolute Gasteiger partial charge is 0.339 e. The maximum Gasteiger partial charge on any atom is 0.243 e. The van der Waals surface area contributed by atoms with E-state index in [1.54, 1.807) is 16.4 Å². The Kier molecular flexibility index (Phi) is 5.75. The number of sulfonamides is 1. The average molecular weight is 426 g/mol. The van der Waals surface area contributed by atoms with Crippen LogP contribution in [-0.2, 0) is 10.0 Å². The molecule has 6 nitrogen and oxygen atoms in total. The van der Waals surface area contributed by atoms with E-state index in [1.165, 1.54) is 0 Å². The number of aryl methyl sites for hydroxylation is 1. The van der Waals surface area contributed by atoms with Crippen LogP contribution in [0.1, 0.15) is 55.5 Å². The first-order valence-corrected chi connectivity index (χ1v) is 11.8. The third-order valence-electron chi connectivity index (χ3n) is 5.75. The Morgan fingerprint density at radius 1 is 1.10 bits per heavy atom. The van der Waals surface area contributed by atoms with Gasteiger partial charge >= 0.3 is 0 Å². The van der Waals surface area contributed by atoms with E-state index in [9.17, 15) is 8.42 Å². The molecule has 1 atom stereocenters. The van der Waals surface area contributed by atoms with Crippen LogP contribution in [0.2, 0.25) is 0 Å². The molecule has 0 amide bonds. The molecule has 2 heterocycles. The monoisotopic (exact) mass is 425 g/mol. The van der Waals surface area contributed by atoms with Crippen molar-refractivity contribution in [1.82, 2.24) is 14.4 Å². The summed E-state index contributed by atoms with van der Waals surface area (Å²) >= 11 is 0. The minimum absolute atomic E-state index is 0.103. The third kappa shape index (κ3) is 4.04. The molecule has 4 rings (SSSR count). The van der Waals surface area contributed by atoms with Crippen LogP contribution in [0.25, 0.3) is 11.4 Å². The predicted molar refractivity (Wildman–Crippen MR) is 116 cm³/mol. The lowest BCUT2D eigenvalue weighted by Crippen LogP contribution is -2.39. The Morgan fingerprint density at radius 2 is 1.83 bits per heavy atom. The molecule has 1 aliphatic heterocycles. The van der Waals surface area contributed by atoms with Gasteiger partial charge in [0, 0.05) is 18.7 Å². The van der Waals surface area contributed by atoms with Crippen molar-refractivity contribution in [2.75, 3.05) is 13.1 Å². The molecule has 1 saturated heterocycles. The van der Waals surface area contributed by atoms with Gasteiger partial charge in [0.15, 0.2) is 0 Å². The van der Waals surface area contributed by atoms with Gasteiger partial charge in [-0.2, -0.15) is 9.29 Å². The molecule has 0 aliphatic carbocycles. The molecular formula is C23H27N3O3S. The highest BCUT2D eigenvalue weighted by Gasteiger charge is 2.33. The molecule has 0 radical (unpaired) electrons. The van der Waals surface area contributed by atoms with Crippen LogP contribution in [0.3, 0.4) is 0 Å². The Morgan fingerprint density at radius 3 is 2.53 bits per heavy atom. The predicted octanol–water partition coefficient (Wildman–Crippen LogP) is 4.74. The lowest BCUT2D eigenvalue weighted by Gasteiger charge is -2.30. The van der Waals surface area contributed by atoms with Crippen molar-refractivity contribution in [2.45, 2.75) is 50.3 Å². The lowest BCUT2D eigenvalue weighted by atomic mass is 10.00. The van der Waals surface area contributed by atoms with Gasteiger partial charge in [0.1, 0.15) is 0 Å². The van der Waals surface area contributed by atoms with Gasteiger partial charge in [0.05, 0.1) is 10.8 Å². The summed E-state index contributed by atoms with van der Waals surface area (Å²) in [6, 6.07) is 15.1. The highest BCUT2D eigenvalue weighted by atomic mass is 32.2. The SMILES string of the molecule is Cc1ccccc1-c1noc([C@H]2CCCN(S(=O)(=O)c3ccc(C(C)C)cc3)C2)n1. The maximum atomic E-state index is 13.2. The summed E-state index contributed by atoms with van der Waals surface area (Å²) in [6.45, 7) is 7.04. The van der Waals surface area contributed by atoms with E-state index >= 15 is 0 Å². The summed E-state index contributed by atoms with van der Waals surface area (Å²) in [4.78, 5) is 4.92. The zero-order valence-corrected chi connectivity index (χ0v) is 18.4. The second-order valence-electron chi connectivity index (χ2n) is 8.20. The minimum Gasteiger partial charge on any atom is -0.339 e. The van der Waals surface area contributed by atoms with Crippen LogP contribution < -0.4 is 0 Å². The zero-order valence-electron chi connectivity index (χ0n) is 17.6. The molecule has 3 aromatic rings. The van der Waals surface area contributed by atoms with E-state index in [0.29, 0.717) is 35.6 Å². The zero-order chi connectivity index (χ0) is 21.3. The Hall–Kier alpha value is -2.51. The number of aromatic nitrogens is 2. The number of rotatable bonds is 5. The van der Waals surface area contributed by atoms with Crippen molar-refractivity contribution in [3.63, 3.8) is 0 Å². The van der Waals surface area contributed by atoms with Crippen LogP contribution in [0, 0.1) is 6.92 Å². The fourth-order valence-electron chi connectivity index (χ4n) is 3.87. The van der Waals surface area contributed by atoms with Crippen molar-refractivity contribution in [1.29, 1.82) is 0 Å². The number of nitrogens with zero attached hydrogens (tertiary/aromatic N) is 3. The molecule has 0 N–H and O–H groups in total. The average Bonchev–Trinajstić information content (AvgIpc) is 3.24. The van der Waals surface area contributed by atoms with E-state index in [4.69, 9.17) is 4.52 Å². The van der Waals surface area contributed by atoms with E-state index < -0.39 is 10.0 Å². The molecule has 2 aromatic carbocycles. The first kappa shape index (κ1) is 20.8. The van der Waals surface area contributed by atoms with Crippen molar-refractivity contribution in [3.8, 4) is 11.4 Å². The molecule has 158 valence electrons. The fraction of sp³-hybridized carbons (Fsp3) is 0.391. The van der Waals surface area contributed by atoms with E-state index in [-0.39, 0.29) is 5.92 Å². The number of piperidine rings is 1. The quantitative estimate of drug-likeness (QED) is 0.590. The van der Waals surface area contributed by atoms with Gasteiger partial charge in [-0.25, -0.2) is 8.42 Å². The van der Waals surface area contributed by atoms with Crippen LogP contribution >= 0.6 is 0 Å². The van der Waals surface area contributed by atoms with Crippen LogP contribution in [0.5, 0.6) is 0 Å². The standard InChI is InChI=1S/C23H27N3O3S/c1-16(2)18-10-12-20(13-11-18)30(27,28)26-14-6-8-19(15-26)23-24-22(25-29-23)21-9-5-4-7-17(21)3/h4-5,7,9-13,16,19H,6,8,14-15H2,1-3H3/t19-/m0/s1. The van der Waals surface area contributed by atoms with Gasteiger partial charge < -0.3 is 4.52 Å². The molecule has 0 spiro atoms. The van der Waals surface area contributed by atoms with E-state index in [0.717, 1.165) is 29.5 Å². The van der Waals surface area contributed by atoms with Crippen molar-refractivity contribution in [2.24, 2.45) is 0 Å².